The minimum Gasteiger partial charge on any atom is -0.491 e. The number of nitrogens with one attached hydrogen (secondary N) is 1. The average molecular weight is 399 g/mol. The van der Waals surface area contributed by atoms with E-state index in [9.17, 15) is 9.90 Å². The Morgan fingerprint density at radius 1 is 1.38 bits per heavy atom. The number of ether oxygens (including phenoxy) is 1. The summed E-state index contributed by atoms with van der Waals surface area (Å²) in [6.45, 7) is 5.89. The monoisotopic (exact) mass is 398 g/mol. The first-order chi connectivity index (χ1) is 14.1. The van der Waals surface area contributed by atoms with E-state index in [-0.39, 0.29) is 18.6 Å². The average Bonchev–Trinajstić information content (AvgIpc) is 3.37. The number of hydrogen-bond acceptors (Lipinski definition) is 5. The fraction of sp³-hybridized carbons (Fsp3) is 0.545. The molecule has 2 atom stereocenters. The lowest BCUT2D eigenvalue weighted by molar-refractivity contribution is -0.117. The molecule has 1 aromatic carbocycles. The van der Waals surface area contributed by atoms with E-state index in [4.69, 9.17) is 4.74 Å². The summed E-state index contributed by atoms with van der Waals surface area (Å²) in [7, 11) is 0. The quantitative estimate of drug-likeness (QED) is 0.781. The summed E-state index contributed by atoms with van der Waals surface area (Å²) in [6, 6.07) is 4.61. The minimum absolute atomic E-state index is 0.0491. The molecule has 7 nitrogen and oxygen atoms in total. The van der Waals surface area contributed by atoms with Gasteiger partial charge in [0.1, 0.15) is 12.4 Å². The van der Waals surface area contributed by atoms with E-state index >= 15 is 0 Å². The molecular formula is C22H30N4O3. The molecule has 1 saturated heterocycles. The van der Waals surface area contributed by atoms with Gasteiger partial charge >= 0.3 is 0 Å². The smallest absolute Gasteiger partial charge is 0.224 e. The minimum atomic E-state index is 0.0491. The van der Waals surface area contributed by atoms with Crippen molar-refractivity contribution >= 4 is 11.6 Å². The van der Waals surface area contributed by atoms with E-state index in [0.717, 1.165) is 53.9 Å². The lowest BCUT2D eigenvalue weighted by Crippen LogP contribution is -2.41. The second-order valence-corrected chi connectivity index (χ2v) is 8.04. The largest absolute Gasteiger partial charge is 0.491 e. The number of anilines is 1. The number of aliphatic hydroxyl groups is 1. The predicted molar refractivity (Wildman–Crippen MR) is 112 cm³/mol. The van der Waals surface area contributed by atoms with Crippen LogP contribution in [-0.4, -0.2) is 52.6 Å². The van der Waals surface area contributed by atoms with Gasteiger partial charge in [0.15, 0.2) is 0 Å². The fourth-order valence-electron chi connectivity index (χ4n) is 4.49. The number of carbonyl (C=O) groups excluding carboxylic acids is 1. The summed E-state index contributed by atoms with van der Waals surface area (Å²) >= 11 is 0. The molecule has 0 saturated carbocycles. The lowest BCUT2D eigenvalue weighted by Gasteiger charge is -2.36. The number of amides is 1. The van der Waals surface area contributed by atoms with Gasteiger partial charge < -0.3 is 20.1 Å². The number of aromatic nitrogens is 2. The van der Waals surface area contributed by atoms with Crippen LogP contribution in [0.2, 0.25) is 0 Å². The molecule has 0 bridgehead atoms. The van der Waals surface area contributed by atoms with E-state index < -0.39 is 0 Å². The van der Waals surface area contributed by atoms with Gasteiger partial charge in [0, 0.05) is 41.9 Å². The standard InChI is InChI=1S/C22H30N4O3/c1-15-5-6-20-21(26(15)16(2)28)8-7-19(17-12-24-25(13-17)10-11-27)22(20)29-14-18-4-3-9-23-18/h7-8,12-13,15,18,23,27H,3-6,9-11,14H2,1-2H3/t15-,18+/m0/s1. The Morgan fingerprint density at radius 3 is 2.97 bits per heavy atom. The first-order valence-corrected chi connectivity index (χ1v) is 10.5. The van der Waals surface area contributed by atoms with Crippen LogP contribution >= 0.6 is 0 Å². The van der Waals surface area contributed by atoms with Crippen LogP contribution in [0.5, 0.6) is 5.75 Å². The van der Waals surface area contributed by atoms with Crippen molar-refractivity contribution in [2.75, 3.05) is 24.7 Å². The fourth-order valence-corrected chi connectivity index (χ4v) is 4.49. The summed E-state index contributed by atoms with van der Waals surface area (Å²) in [5.41, 5.74) is 4.01. The molecule has 1 amide bonds. The van der Waals surface area contributed by atoms with Gasteiger partial charge in [-0.2, -0.15) is 5.10 Å². The molecule has 3 heterocycles. The summed E-state index contributed by atoms with van der Waals surface area (Å²) < 4.78 is 8.16. The molecule has 29 heavy (non-hydrogen) atoms. The Balaban J connectivity index is 1.74. The molecule has 2 aromatic rings. The number of aliphatic hydroxyl groups excluding tert-OH is 1. The highest BCUT2D eigenvalue weighted by Gasteiger charge is 2.30. The van der Waals surface area contributed by atoms with E-state index in [1.54, 1.807) is 11.6 Å². The maximum atomic E-state index is 12.3. The van der Waals surface area contributed by atoms with Crippen LogP contribution in [0.1, 0.15) is 38.7 Å². The zero-order valence-electron chi connectivity index (χ0n) is 17.2. The summed E-state index contributed by atoms with van der Waals surface area (Å²) in [5, 5.41) is 17.0. The molecule has 0 aliphatic carbocycles. The molecule has 2 aliphatic rings. The Bertz CT molecular complexity index is 873. The summed E-state index contributed by atoms with van der Waals surface area (Å²) in [5.74, 6) is 0.920. The number of fused-ring (bicyclic) bond motifs is 1. The normalized spacial score (nSPS) is 21.3. The van der Waals surface area contributed by atoms with Gasteiger partial charge in [-0.25, -0.2) is 0 Å². The van der Waals surface area contributed by atoms with E-state index in [1.165, 1.54) is 6.42 Å². The zero-order chi connectivity index (χ0) is 20.4. The van der Waals surface area contributed by atoms with Crippen molar-refractivity contribution in [2.45, 2.75) is 58.2 Å². The van der Waals surface area contributed by atoms with Gasteiger partial charge in [-0.05, 0) is 51.3 Å². The van der Waals surface area contributed by atoms with Crippen LogP contribution in [0, 0.1) is 0 Å². The number of nitrogens with zero attached hydrogens (tertiary/aromatic N) is 3. The third-order valence-electron chi connectivity index (χ3n) is 5.95. The molecule has 1 aromatic heterocycles. The van der Waals surface area contributed by atoms with Crippen molar-refractivity contribution in [1.29, 1.82) is 0 Å². The van der Waals surface area contributed by atoms with Crippen LogP contribution in [-0.2, 0) is 17.8 Å². The molecular weight excluding hydrogens is 368 g/mol. The number of hydrogen-bond donors (Lipinski definition) is 2. The van der Waals surface area contributed by atoms with E-state index in [2.05, 4.69) is 17.3 Å². The van der Waals surface area contributed by atoms with Crippen molar-refractivity contribution in [3.05, 3.63) is 30.1 Å². The molecule has 1 fully saturated rings. The molecule has 156 valence electrons. The van der Waals surface area contributed by atoms with Crippen molar-refractivity contribution in [3.8, 4) is 16.9 Å². The van der Waals surface area contributed by atoms with Crippen LogP contribution in [0.25, 0.3) is 11.1 Å². The van der Waals surface area contributed by atoms with Crippen molar-refractivity contribution < 1.29 is 14.6 Å². The molecule has 4 rings (SSSR count). The predicted octanol–water partition coefficient (Wildman–Crippen LogP) is 2.36. The molecule has 2 aliphatic heterocycles. The van der Waals surface area contributed by atoms with Crippen LogP contribution in [0.4, 0.5) is 5.69 Å². The van der Waals surface area contributed by atoms with Gasteiger partial charge in [-0.15, -0.1) is 0 Å². The Kier molecular flexibility index (Phi) is 5.87. The maximum absolute atomic E-state index is 12.3. The van der Waals surface area contributed by atoms with Gasteiger partial charge in [0.25, 0.3) is 0 Å². The Morgan fingerprint density at radius 2 is 2.24 bits per heavy atom. The first-order valence-electron chi connectivity index (χ1n) is 10.5. The van der Waals surface area contributed by atoms with Gasteiger partial charge in [0.05, 0.1) is 25.0 Å². The third kappa shape index (κ3) is 4.02. The summed E-state index contributed by atoms with van der Waals surface area (Å²) in [4.78, 5) is 14.2. The molecule has 2 N–H and O–H groups in total. The highest BCUT2D eigenvalue weighted by atomic mass is 16.5. The van der Waals surface area contributed by atoms with Crippen LogP contribution < -0.4 is 15.0 Å². The van der Waals surface area contributed by atoms with Gasteiger partial charge in [-0.3, -0.25) is 9.48 Å². The third-order valence-corrected chi connectivity index (χ3v) is 5.95. The van der Waals surface area contributed by atoms with E-state index in [1.807, 2.05) is 29.4 Å². The first kappa shape index (κ1) is 19.9. The van der Waals surface area contributed by atoms with E-state index in [0.29, 0.717) is 19.2 Å². The number of rotatable bonds is 6. The highest BCUT2D eigenvalue weighted by molar-refractivity contribution is 5.95. The SMILES string of the molecule is CC(=O)N1c2ccc(-c3cnn(CCO)c3)c(OC[C@H]3CCCN3)c2CC[C@@H]1C. The van der Waals surface area contributed by atoms with Gasteiger partial charge in [-0.1, -0.05) is 0 Å². The summed E-state index contributed by atoms with van der Waals surface area (Å²) in [6.07, 6.45) is 7.84. The highest BCUT2D eigenvalue weighted by Crippen LogP contribution is 2.43. The molecule has 0 spiro atoms. The van der Waals surface area contributed by atoms with Crippen LogP contribution in [0.15, 0.2) is 24.5 Å². The molecule has 0 radical (unpaired) electrons. The molecule has 0 unspecified atom stereocenters. The lowest BCUT2D eigenvalue weighted by atomic mass is 9.92. The number of benzene rings is 1. The Labute approximate surface area is 171 Å². The van der Waals surface area contributed by atoms with Crippen LogP contribution in [0.3, 0.4) is 0 Å². The second-order valence-electron chi connectivity index (χ2n) is 8.04. The van der Waals surface area contributed by atoms with Crippen molar-refractivity contribution in [2.24, 2.45) is 0 Å². The number of carbonyl (C=O) groups is 1. The zero-order valence-corrected chi connectivity index (χ0v) is 17.2. The molecule has 7 heteroatoms. The topological polar surface area (TPSA) is 79.6 Å². The van der Waals surface area contributed by atoms with Gasteiger partial charge in [0.2, 0.25) is 5.91 Å². The maximum Gasteiger partial charge on any atom is 0.224 e. The van der Waals surface area contributed by atoms with Crippen molar-refractivity contribution in [1.82, 2.24) is 15.1 Å². The second kappa shape index (κ2) is 8.55. The van der Waals surface area contributed by atoms with Crippen molar-refractivity contribution in [3.63, 3.8) is 0 Å². The Hall–Kier alpha value is -2.38.